The first-order valence-corrected chi connectivity index (χ1v) is 14.7. The SMILES string of the molecule is CCOC(=O)C1=C(C)N=c2s/c(=C/c3cn(-c4ccccc4)nc3-c3ccc(Cl)cc3)c(=O)n2[C@@H]1c1ccc(C)cc1. The molecule has 1 atom stereocenters. The Hall–Kier alpha value is -4.53. The summed E-state index contributed by atoms with van der Waals surface area (Å²) in [5, 5.41) is 5.50. The summed E-state index contributed by atoms with van der Waals surface area (Å²) in [7, 11) is 0. The van der Waals surface area contributed by atoms with Gasteiger partial charge in [-0.3, -0.25) is 9.36 Å². The largest absolute Gasteiger partial charge is 0.463 e. The fourth-order valence-electron chi connectivity index (χ4n) is 5.03. The number of fused-ring (bicyclic) bond motifs is 1. The van der Waals surface area contributed by atoms with Crippen molar-refractivity contribution in [1.82, 2.24) is 14.3 Å². The Morgan fingerprint density at radius 3 is 2.43 bits per heavy atom. The highest BCUT2D eigenvalue weighted by Gasteiger charge is 2.33. The van der Waals surface area contributed by atoms with Crippen LogP contribution in [0.1, 0.15) is 36.6 Å². The maximum atomic E-state index is 14.1. The number of nitrogens with zero attached hydrogens (tertiary/aromatic N) is 4. The summed E-state index contributed by atoms with van der Waals surface area (Å²) in [5.41, 5.74) is 5.77. The number of para-hydroxylation sites is 1. The van der Waals surface area contributed by atoms with E-state index in [0.29, 0.717) is 31.3 Å². The van der Waals surface area contributed by atoms with Gasteiger partial charge in [-0.2, -0.15) is 5.10 Å². The molecule has 0 bridgehead atoms. The molecule has 6 rings (SSSR count). The summed E-state index contributed by atoms with van der Waals surface area (Å²) < 4.78 is 9.28. The molecule has 2 aromatic heterocycles. The van der Waals surface area contributed by atoms with E-state index in [2.05, 4.69) is 0 Å². The van der Waals surface area contributed by atoms with Gasteiger partial charge in [-0.15, -0.1) is 0 Å². The number of carbonyl (C=O) groups excluding carboxylic acids is 1. The quantitative estimate of drug-likeness (QED) is 0.239. The summed E-state index contributed by atoms with van der Waals surface area (Å²) in [6.45, 7) is 5.76. The van der Waals surface area contributed by atoms with E-state index < -0.39 is 12.0 Å². The van der Waals surface area contributed by atoms with Gasteiger partial charge in [0.25, 0.3) is 5.56 Å². The number of esters is 1. The predicted octanol–water partition coefficient (Wildman–Crippen LogP) is 5.61. The van der Waals surface area contributed by atoms with Crippen molar-refractivity contribution in [3.8, 4) is 16.9 Å². The number of halogens is 1. The molecular weight excluding hydrogens is 568 g/mol. The van der Waals surface area contributed by atoms with Crippen LogP contribution in [0.4, 0.5) is 0 Å². The van der Waals surface area contributed by atoms with Gasteiger partial charge in [0.2, 0.25) is 0 Å². The topological polar surface area (TPSA) is 78.5 Å². The first-order valence-electron chi connectivity index (χ1n) is 13.5. The lowest BCUT2D eigenvalue weighted by Crippen LogP contribution is -2.39. The molecule has 1 aliphatic rings. The minimum atomic E-state index is -0.661. The van der Waals surface area contributed by atoms with Gasteiger partial charge >= 0.3 is 5.97 Å². The average Bonchev–Trinajstić information content (AvgIpc) is 3.54. The number of hydrogen-bond donors (Lipinski definition) is 0. The normalized spacial score (nSPS) is 15.0. The van der Waals surface area contributed by atoms with Crippen molar-refractivity contribution in [3.63, 3.8) is 0 Å². The zero-order valence-electron chi connectivity index (χ0n) is 23.2. The molecule has 0 N–H and O–H groups in total. The van der Waals surface area contributed by atoms with Crippen LogP contribution in [-0.2, 0) is 9.53 Å². The van der Waals surface area contributed by atoms with Crippen molar-refractivity contribution in [1.29, 1.82) is 0 Å². The van der Waals surface area contributed by atoms with Crippen LogP contribution < -0.4 is 14.9 Å². The minimum Gasteiger partial charge on any atom is -0.463 e. The molecule has 5 aromatic rings. The monoisotopic (exact) mass is 594 g/mol. The summed E-state index contributed by atoms with van der Waals surface area (Å²) in [6.07, 6.45) is 3.75. The molecule has 0 radical (unpaired) electrons. The zero-order valence-corrected chi connectivity index (χ0v) is 24.8. The standard InChI is InChI=1S/C33H27ClN4O3S/c1-4-41-32(40)28-21(3)35-33-38(30(28)23-12-10-20(2)11-13-23)31(39)27(42-33)18-24-19-37(26-8-6-5-7-9-26)36-29(24)22-14-16-25(34)17-15-22/h5-19,30H,4H2,1-3H3/b27-18+/t30-/m1/s1. The van der Waals surface area contributed by atoms with Crippen LogP contribution in [0.25, 0.3) is 23.0 Å². The minimum absolute atomic E-state index is 0.222. The number of thiazole rings is 1. The lowest BCUT2D eigenvalue weighted by molar-refractivity contribution is -0.139. The highest BCUT2D eigenvalue weighted by molar-refractivity contribution is 7.07. The third-order valence-corrected chi connectivity index (χ3v) is 8.31. The van der Waals surface area contributed by atoms with Gasteiger partial charge in [0, 0.05) is 22.3 Å². The smallest absolute Gasteiger partial charge is 0.338 e. The molecule has 0 fully saturated rings. The van der Waals surface area contributed by atoms with Crippen molar-refractivity contribution >= 4 is 35.0 Å². The van der Waals surface area contributed by atoms with Crippen molar-refractivity contribution in [2.24, 2.45) is 4.99 Å². The third-order valence-electron chi connectivity index (χ3n) is 7.08. The number of hydrogen-bond acceptors (Lipinski definition) is 6. The van der Waals surface area contributed by atoms with Crippen LogP contribution in [0.15, 0.2) is 106 Å². The van der Waals surface area contributed by atoms with Crippen molar-refractivity contribution in [3.05, 3.63) is 138 Å². The Kier molecular flexibility index (Phi) is 7.49. The van der Waals surface area contributed by atoms with Crippen molar-refractivity contribution < 1.29 is 9.53 Å². The van der Waals surface area contributed by atoms with E-state index in [0.717, 1.165) is 27.9 Å². The number of carbonyl (C=O) groups is 1. The van der Waals surface area contributed by atoms with E-state index in [1.807, 2.05) is 98.1 Å². The Morgan fingerprint density at radius 1 is 1.02 bits per heavy atom. The molecule has 7 nitrogen and oxygen atoms in total. The first kappa shape index (κ1) is 27.6. The molecule has 0 aliphatic carbocycles. The molecular formula is C33H27ClN4O3S. The highest BCUT2D eigenvalue weighted by atomic mass is 35.5. The molecule has 9 heteroatoms. The van der Waals surface area contributed by atoms with Crippen LogP contribution in [0.2, 0.25) is 5.02 Å². The summed E-state index contributed by atoms with van der Waals surface area (Å²) in [5.74, 6) is -0.479. The van der Waals surface area contributed by atoms with Crippen LogP contribution in [0, 0.1) is 6.92 Å². The van der Waals surface area contributed by atoms with Gasteiger partial charge in [0.1, 0.15) is 5.69 Å². The Bertz CT molecular complexity index is 2000. The molecule has 1 aliphatic heterocycles. The third kappa shape index (κ3) is 5.15. The molecule has 0 amide bonds. The van der Waals surface area contributed by atoms with Gasteiger partial charge in [-0.1, -0.05) is 83.1 Å². The summed E-state index contributed by atoms with van der Waals surface area (Å²) >= 11 is 7.45. The summed E-state index contributed by atoms with van der Waals surface area (Å²) in [4.78, 5) is 32.5. The van der Waals surface area contributed by atoms with Gasteiger partial charge < -0.3 is 4.74 Å². The maximum absolute atomic E-state index is 14.1. The maximum Gasteiger partial charge on any atom is 0.338 e. The molecule has 42 heavy (non-hydrogen) atoms. The molecule has 0 spiro atoms. The Morgan fingerprint density at radius 2 is 1.74 bits per heavy atom. The predicted molar refractivity (Wildman–Crippen MR) is 166 cm³/mol. The molecule has 0 saturated heterocycles. The Balaban J connectivity index is 1.56. The number of allylic oxidation sites excluding steroid dienone is 1. The van der Waals surface area contributed by atoms with Gasteiger partial charge in [0.05, 0.1) is 34.1 Å². The molecule has 210 valence electrons. The van der Waals surface area contributed by atoms with E-state index in [1.54, 1.807) is 23.1 Å². The van der Waals surface area contributed by atoms with E-state index in [-0.39, 0.29) is 12.2 Å². The van der Waals surface area contributed by atoms with E-state index in [4.69, 9.17) is 26.4 Å². The van der Waals surface area contributed by atoms with Crippen LogP contribution in [0.3, 0.4) is 0 Å². The molecule has 0 unspecified atom stereocenters. The van der Waals surface area contributed by atoms with Crippen molar-refractivity contribution in [2.75, 3.05) is 6.61 Å². The molecule has 3 heterocycles. The number of rotatable bonds is 6. The number of ether oxygens (including phenoxy) is 1. The van der Waals surface area contributed by atoms with Gasteiger partial charge in [-0.25, -0.2) is 14.5 Å². The molecule has 3 aromatic carbocycles. The number of aromatic nitrogens is 3. The lowest BCUT2D eigenvalue weighted by Gasteiger charge is -2.24. The molecule has 0 saturated carbocycles. The van der Waals surface area contributed by atoms with Crippen LogP contribution in [-0.4, -0.2) is 26.9 Å². The number of benzene rings is 3. The zero-order chi connectivity index (χ0) is 29.4. The second kappa shape index (κ2) is 11.4. The van der Waals surface area contributed by atoms with E-state index in [1.165, 1.54) is 11.3 Å². The van der Waals surface area contributed by atoms with Crippen LogP contribution >= 0.6 is 22.9 Å². The second-order valence-electron chi connectivity index (χ2n) is 9.93. The fraction of sp³-hybridized carbons (Fsp3) is 0.152. The van der Waals surface area contributed by atoms with Gasteiger partial charge in [-0.05, 0) is 56.7 Å². The average molecular weight is 595 g/mol. The second-order valence-corrected chi connectivity index (χ2v) is 11.4. The van der Waals surface area contributed by atoms with E-state index >= 15 is 0 Å². The summed E-state index contributed by atoms with van der Waals surface area (Å²) in [6, 6.07) is 24.4. The van der Waals surface area contributed by atoms with E-state index in [9.17, 15) is 9.59 Å². The Labute approximate surface area is 251 Å². The lowest BCUT2D eigenvalue weighted by atomic mass is 9.95. The van der Waals surface area contributed by atoms with Crippen LogP contribution in [0.5, 0.6) is 0 Å². The highest BCUT2D eigenvalue weighted by Crippen LogP contribution is 2.31. The fourth-order valence-corrected chi connectivity index (χ4v) is 6.20. The number of aryl methyl sites for hydroxylation is 1. The first-order chi connectivity index (χ1) is 20.3. The van der Waals surface area contributed by atoms with Gasteiger partial charge in [0.15, 0.2) is 4.80 Å². The van der Waals surface area contributed by atoms with Crippen molar-refractivity contribution in [2.45, 2.75) is 26.8 Å².